The Hall–Kier alpha value is -4.75. The van der Waals surface area contributed by atoms with Crippen molar-refractivity contribution in [2.75, 3.05) is 5.32 Å². The van der Waals surface area contributed by atoms with E-state index in [1.165, 1.54) is 23.0 Å². The molecule has 0 saturated carbocycles. The van der Waals surface area contributed by atoms with Crippen molar-refractivity contribution in [1.82, 2.24) is 28.9 Å². The zero-order valence-electron chi connectivity index (χ0n) is 19.3. The minimum Gasteiger partial charge on any atom is -0.325 e. The summed E-state index contributed by atoms with van der Waals surface area (Å²) < 4.78 is 3.96. The van der Waals surface area contributed by atoms with Crippen molar-refractivity contribution in [3.05, 3.63) is 104 Å². The molecular formula is C25H19ClN8O2. The van der Waals surface area contributed by atoms with Crippen LogP contribution in [0.1, 0.15) is 16.7 Å². The molecule has 1 N–H and O–H groups in total. The van der Waals surface area contributed by atoms with Gasteiger partial charge in [0.15, 0.2) is 0 Å². The van der Waals surface area contributed by atoms with Gasteiger partial charge in [-0.2, -0.15) is 15.3 Å². The van der Waals surface area contributed by atoms with Gasteiger partial charge in [0.05, 0.1) is 40.6 Å². The maximum absolute atomic E-state index is 13.7. The van der Waals surface area contributed by atoms with Crippen LogP contribution in [0, 0.1) is 18.3 Å². The Balaban J connectivity index is 1.68. The van der Waals surface area contributed by atoms with Crippen LogP contribution in [0.2, 0.25) is 5.02 Å². The van der Waals surface area contributed by atoms with E-state index in [4.69, 9.17) is 11.6 Å². The zero-order chi connectivity index (χ0) is 25.4. The molecule has 5 rings (SSSR count). The highest BCUT2D eigenvalue weighted by Gasteiger charge is 2.17. The molecule has 0 amide bonds. The number of nitriles is 1. The standard InChI is InChI=1S/C25H19ClN8O2/c1-15-3-4-16(10-27)7-17(15)14-33-23(29-20-5-6-22-18(8-20)13-32(2)31-22)30-24(35)34(25(33)36)21-9-19(26)11-28-12-21/h3-9,11-13H,14H2,1-2H3,(H,29,30,35). The van der Waals surface area contributed by atoms with Gasteiger partial charge in [-0.3, -0.25) is 14.2 Å². The number of hydrogen-bond acceptors (Lipinski definition) is 7. The van der Waals surface area contributed by atoms with Gasteiger partial charge in [0, 0.05) is 30.5 Å². The van der Waals surface area contributed by atoms with Crippen LogP contribution >= 0.6 is 11.6 Å². The lowest BCUT2D eigenvalue weighted by molar-refractivity contribution is 0.655. The van der Waals surface area contributed by atoms with Crippen LogP contribution in [0.5, 0.6) is 0 Å². The molecule has 11 heteroatoms. The highest BCUT2D eigenvalue weighted by atomic mass is 35.5. The molecule has 0 radical (unpaired) electrons. The van der Waals surface area contributed by atoms with Gasteiger partial charge in [-0.05, 0) is 54.4 Å². The van der Waals surface area contributed by atoms with Gasteiger partial charge in [0.2, 0.25) is 5.95 Å². The van der Waals surface area contributed by atoms with E-state index in [-0.39, 0.29) is 23.2 Å². The van der Waals surface area contributed by atoms with E-state index in [1.807, 2.05) is 38.4 Å². The van der Waals surface area contributed by atoms with Crippen LogP contribution < -0.4 is 16.7 Å². The second-order valence-corrected chi connectivity index (χ2v) is 8.67. The summed E-state index contributed by atoms with van der Waals surface area (Å²) in [4.78, 5) is 34.9. The lowest BCUT2D eigenvalue weighted by atomic mass is 10.1. The monoisotopic (exact) mass is 498 g/mol. The van der Waals surface area contributed by atoms with E-state index in [9.17, 15) is 14.9 Å². The number of aromatic nitrogens is 6. The van der Waals surface area contributed by atoms with Gasteiger partial charge < -0.3 is 5.32 Å². The van der Waals surface area contributed by atoms with E-state index in [1.54, 1.807) is 22.9 Å². The molecule has 0 aliphatic heterocycles. The van der Waals surface area contributed by atoms with Crippen LogP contribution in [0.4, 0.5) is 11.6 Å². The Morgan fingerprint density at radius 3 is 2.72 bits per heavy atom. The number of nitrogens with one attached hydrogen (secondary N) is 1. The number of nitrogens with zero attached hydrogens (tertiary/aromatic N) is 7. The second-order valence-electron chi connectivity index (χ2n) is 8.24. The SMILES string of the molecule is Cc1ccc(C#N)cc1Cn1c(Nc2ccc3nn(C)cc3c2)nc(=O)n(-c2cncc(Cl)c2)c1=O. The van der Waals surface area contributed by atoms with Gasteiger partial charge in [-0.1, -0.05) is 17.7 Å². The Bertz CT molecular complexity index is 1800. The molecule has 5 aromatic rings. The first kappa shape index (κ1) is 23.0. The molecule has 3 aromatic heterocycles. The third-order valence-corrected chi connectivity index (χ3v) is 5.91. The predicted molar refractivity (Wildman–Crippen MR) is 136 cm³/mol. The molecule has 36 heavy (non-hydrogen) atoms. The van der Waals surface area contributed by atoms with Crippen molar-refractivity contribution >= 4 is 34.1 Å². The summed E-state index contributed by atoms with van der Waals surface area (Å²) in [5.74, 6) is 0.0567. The summed E-state index contributed by atoms with van der Waals surface area (Å²) in [6.07, 6.45) is 4.64. The maximum Gasteiger partial charge on any atom is 0.359 e. The van der Waals surface area contributed by atoms with Crippen LogP contribution in [-0.2, 0) is 13.6 Å². The van der Waals surface area contributed by atoms with Crippen molar-refractivity contribution in [3.63, 3.8) is 0 Å². The number of fused-ring (bicyclic) bond motifs is 1. The van der Waals surface area contributed by atoms with Gasteiger partial charge in [-0.15, -0.1) is 0 Å². The molecule has 0 aliphatic rings. The summed E-state index contributed by atoms with van der Waals surface area (Å²) in [7, 11) is 1.83. The Morgan fingerprint density at radius 1 is 1.11 bits per heavy atom. The summed E-state index contributed by atoms with van der Waals surface area (Å²) in [5.41, 5.74) is 2.29. The Labute approximate surface area is 209 Å². The third kappa shape index (κ3) is 4.35. The molecule has 0 saturated heterocycles. The third-order valence-electron chi connectivity index (χ3n) is 5.70. The van der Waals surface area contributed by atoms with E-state index < -0.39 is 11.4 Å². The normalized spacial score (nSPS) is 10.9. The lowest BCUT2D eigenvalue weighted by Crippen LogP contribution is -2.41. The van der Waals surface area contributed by atoms with Gasteiger partial charge in [0.1, 0.15) is 0 Å². The maximum atomic E-state index is 13.7. The minimum atomic E-state index is -0.784. The molecule has 0 spiro atoms. The first-order chi connectivity index (χ1) is 17.3. The van der Waals surface area contributed by atoms with Gasteiger partial charge >= 0.3 is 11.4 Å². The van der Waals surface area contributed by atoms with Crippen molar-refractivity contribution in [2.45, 2.75) is 13.5 Å². The largest absolute Gasteiger partial charge is 0.359 e. The number of pyridine rings is 1. The lowest BCUT2D eigenvalue weighted by Gasteiger charge is -2.17. The smallest absolute Gasteiger partial charge is 0.325 e. The van der Waals surface area contributed by atoms with E-state index in [0.29, 0.717) is 11.3 Å². The number of halogens is 1. The molecule has 10 nitrogen and oxygen atoms in total. The summed E-state index contributed by atoms with van der Waals surface area (Å²) in [5, 5.41) is 18.0. The number of benzene rings is 2. The minimum absolute atomic E-state index is 0.0567. The van der Waals surface area contributed by atoms with Crippen LogP contribution in [-0.4, -0.2) is 28.9 Å². The van der Waals surface area contributed by atoms with E-state index >= 15 is 0 Å². The topological polar surface area (TPSA) is 123 Å². The van der Waals surface area contributed by atoms with E-state index in [0.717, 1.165) is 26.6 Å². The molecule has 0 fully saturated rings. The number of anilines is 2. The second kappa shape index (κ2) is 9.13. The Kier molecular flexibility index (Phi) is 5.83. The van der Waals surface area contributed by atoms with Crippen molar-refractivity contribution in [2.24, 2.45) is 7.05 Å². The summed E-state index contributed by atoms with van der Waals surface area (Å²) in [6, 6.07) is 14.3. The molecule has 3 heterocycles. The molecule has 2 aromatic carbocycles. The van der Waals surface area contributed by atoms with Gasteiger partial charge in [0.25, 0.3) is 0 Å². The molecule has 0 aliphatic carbocycles. The average Bonchev–Trinajstić information content (AvgIpc) is 3.22. The quantitative estimate of drug-likeness (QED) is 0.394. The fourth-order valence-electron chi connectivity index (χ4n) is 3.91. The molecular weight excluding hydrogens is 480 g/mol. The first-order valence-corrected chi connectivity index (χ1v) is 11.2. The van der Waals surface area contributed by atoms with Crippen molar-refractivity contribution < 1.29 is 0 Å². The highest BCUT2D eigenvalue weighted by molar-refractivity contribution is 6.30. The first-order valence-electron chi connectivity index (χ1n) is 10.9. The predicted octanol–water partition coefficient (Wildman–Crippen LogP) is 3.30. The van der Waals surface area contributed by atoms with Crippen molar-refractivity contribution in [1.29, 1.82) is 5.26 Å². The molecule has 178 valence electrons. The molecule has 0 unspecified atom stereocenters. The van der Waals surface area contributed by atoms with Crippen molar-refractivity contribution in [3.8, 4) is 11.8 Å². The fourth-order valence-corrected chi connectivity index (χ4v) is 4.08. The fraction of sp³-hybridized carbons (Fsp3) is 0.120. The highest BCUT2D eigenvalue weighted by Crippen LogP contribution is 2.21. The molecule has 0 bridgehead atoms. The zero-order valence-corrected chi connectivity index (χ0v) is 20.1. The number of hydrogen-bond donors (Lipinski definition) is 1. The van der Waals surface area contributed by atoms with Crippen LogP contribution in [0.15, 0.2) is 70.6 Å². The Morgan fingerprint density at radius 2 is 1.94 bits per heavy atom. The van der Waals surface area contributed by atoms with E-state index in [2.05, 4.69) is 26.5 Å². The summed E-state index contributed by atoms with van der Waals surface area (Å²) in [6.45, 7) is 1.95. The number of aryl methyl sites for hydroxylation is 2. The van der Waals surface area contributed by atoms with Gasteiger partial charge in [-0.25, -0.2) is 14.2 Å². The summed E-state index contributed by atoms with van der Waals surface area (Å²) >= 11 is 6.05. The average molecular weight is 499 g/mol. The van der Waals surface area contributed by atoms with Crippen LogP contribution in [0.25, 0.3) is 16.6 Å². The van der Waals surface area contributed by atoms with Crippen LogP contribution in [0.3, 0.4) is 0 Å². The number of rotatable bonds is 5. The molecule has 0 atom stereocenters.